The SMILES string of the molecule is F/C=C(/F)C(F)(F)F.FC(F)=C(F)C(F)F. The zero-order valence-corrected chi connectivity index (χ0v) is 6.93. The third-order valence-corrected chi connectivity index (χ3v) is 0.739. The third kappa shape index (κ3) is 8.12. The van der Waals surface area contributed by atoms with Crippen molar-refractivity contribution in [2.45, 2.75) is 12.6 Å². The highest BCUT2D eigenvalue weighted by atomic mass is 19.4. The quantitative estimate of drug-likeness (QED) is 0.604. The van der Waals surface area contributed by atoms with Crippen molar-refractivity contribution < 1.29 is 43.9 Å². The lowest BCUT2D eigenvalue weighted by atomic mass is 10.6. The Bertz CT molecular complexity index is 255. The number of hydrogen-bond donors (Lipinski definition) is 0. The van der Waals surface area contributed by atoms with Gasteiger partial charge in [0.2, 0.25) is 11.7 Å². The molecular formula is C6H2F10. The second-order valence-corrected chi connectivity index (χ2v) is 1.86. The van der Waals surface area contributed by atoms with Crippen molar-refractivity contribution in [3.63, 3.8) is 0 Å². The molecule has 10 heteroatoms. The number of allylic oxidation sites excluding steroid dienone is 2. The van der Waals surface area contributed by atoms with Crippen molar-refractivity contribution in [2.24, 2.45) is 0 Å². The van der Waals surface area contributed by atoms with E-state index >= 15 is 0 Å². The molecule has 0 unspecified atom stereocenters. The standard InChI is InChI=1S/2C3HF5/c4-1-2(5)3(6,7)8;4-1(2(5)6)3(7)8/h1H;2H/b2-1+;. The summed E-state index contributed by atoms with van der Waals surface area (Å²) in [5.41, 5.74) is 0. The summed E-state index contributed by atoms with van der Waals surface area (Å²) in [5, 5.41) is 0. The molecule has 0 radical (unpaired) electrons. The average Bonchev–Trinajstić information content (AvgIpc) is 2.14. The Hall–Kier alpha value is -1.22. The molecule has 0 amide bonds. The molecule has 0 aromatic carbocycles. The minimum Gasteiger partial charge on any atom is -0.212 e. The maximum absolute atomic E-state index is 11.0. The first kappa shape index (κ1) is 17.2. The van der Waals surface area contributed by atoms with Crippen molar-refractivity contribution in [2.75, 3.05) is 0 Å². The highest BCUT2D eigenvalue weighted by Crippen LogP contribution is 2.25. The van der Waals surface area contributed by atoms with Crippen LogP contribution >= 0.6 is 0 Å². The third-order valence-electron chi connectivity index (χ3n) is 0.739. The monoisotopic (exact) mass is 264 g/mol. The van der Waals surface area contributed by atoms with E-state index in [2.05, 4.69) is 0 Å². The average molecular weight is 264 g/mol. The topological polar surface area (TPSA) is 0 Å². The molecule has 0 nitrogen and oxygen atoms in total. The molecule has 0 atom stereocenters. The van der Waals surface area contributed by atoms with Gasteiger partial charge in [0.25, 0.3) is 6.43 Å². The van der Waals surface area contributed by atoms with Crippen LogP contribution in [0.2, 0.25) is 0 Å². The summed E-state index contributed by atoms with van der Waals surface area (Å²) in [6, 6.07) is 0. The fraction of sp³-hybridized carbons (Fsp3) is 0.333. The van der Waals surface area contributed by atoms with E-state index in [-0.39, 0.29) is 0 Å². The molecule has 0 spiro atoms. The van der Waals surface area contributed by atoms with Crippen LogP contribution in [0.4, 0.5) is 43.9 Å². The van der Waals surface area contributed by atoms with Gasteiger partial charge in [0.15, 0.2) is 0 Å². The molecule has 0 aliphatic rings. The van der Waals surface area contributed by atoms with E-state index in [1.54, 1.807) is 0 Å². The first-order chi connectivity index (χ1) is 7.03. The molecular weight excluding hydrogens is 262 g/mol. The second kappa shape index (κ2) is 7.12. The summed E-state index contributed by atoms with van der Waals surface area (Å²) >= 11 is 0. The zero-order chi connectivity index (χ0) is 13.5. The van der Waals surface area contributed by atoms with Gasteiger partial charge in [-0.05, 0) is 0 Å². The minimum atomic E-state index is -5.17. The molecule has 0 saturated heterocycles. The smallest absolute Gasteiger partial charge is 0.212 e. The van der Waals surface area contributed by atoms with Crippen LogP contribution in [0.3, 0.4) is 0 Å². The number of halogens is 10. The summed E-state index contributed by atoms with van der Waals surface area (Å²) in [4.78, 5) is 0. The van der Waals surface area contributed by atoms with Gasteiger partial charge in [-0.1, -0.05) is 0 Å². The van der Waals surface area contributed by atoms with Crippen molar-refractivity contribution >= 4 is 0 Å². The van der Waals surface area contributed by atoms with Gasteiger partial charge in [-0.15, -0.1) is 0 Å². The Balaban J connectivity index is 0. The molecule has 0 aromatic heterocycles. The van der Waals surface area contributed by atoms with E-state index in [0.29, 0.717) is 0 Å². The van der Waals surface area contributed by atoms with Crippen LogP contribution in [-0.4, -0.2) is 12.6 Å². The molecule has 0 aliphatic heterocycles. The Labute approximate surface area is 81.8 Å². The first-order valence-electron chi connectivity index (χ1n) is 3.05. The number of rotatable bonds is 1. The summed E-state index contributed by atoms with van der Waals surface area (Å²) < 4.78 is 108. The van der Waals surface area contributed by atoms with E-state index in [1.807, 2.05) is 0 Å². The zero-order valence-electron chi connectivity index (χ0n) is 6.93. The molecule has 0 aromatic rings. The summed E-state index contributed by atoms with van der Waals surface area (Å²) in [7, 11) is 0. The molecule has 0 fully saturated rings. The van der Waals surface area contributed by atoms with E-state index in [4.69, 9.17) is 0 Å². The summed E-state index contributed by atoms with van der Waals surface area (Å²) in [6.07, 6.45) is -12.9. The molecule has 96 valence electrons. The maximum atomic E-state index is 11.0. The molecule has 0 heterocycles. The lowest BCUT2D eigenvalue weighted by molar-refractivity contribution is -0.109. The Morgan fingerprint density at radius 3 is 1.31 bits per heavy atom. The molecule has 0 rings (SSSR count). The highest BCUT2D eigenvalue weighted by Gasteiger charge is 2.34. The Morgan fingerprint density at radius 1 is 0.938 bits per heavy atom. The fourth-order valence-corrected chi connectivity index (χ4v) is 0.144. The van der Waals surface area contributed by atoms with Crippen LogP contribution in [0.5, 0.6) is 0 Å². The van der Waals surface area contributed by atoms with Gasteiger partial charge in [0.1, 0.15) is 6.33 Å². The summed E-state index contributed by atoms with van der Waals surface area (Å²) in [6.45, 7) is 0. The predicted octanol–water partition coefficient (Wildman–Crippen LogP) is 4.66. The number of hydrogen-bond acceptors (Lipinski definition) is 0. The van der Waals surface area contributed by atoms with E-state index in [9.17, 15) is 43.9 Å². The van der Waals surface area contributed by atoms with Gasteiger partial charge in [-0.2, -0.15) is 30.7 Å². The van der Waals surface area contributed by atoms with Gasteiger partial charge >= 0.3 is 12.3 Å². The van der Waals surface area contributed by atoms with Crippen LogP contribution in [0.25, 0.3) is 0 Å². The van der Waals surface area contributed by atoms with Crippen LogP contribution in [-0.2, 0) is 0 Å². The van der Waals surface area contributed by atoms with Crippen molar-refractivity contribution in [1.82, 2.24) is 0 Å². The Kier molecular flexibility index (Phi) is 7.65. The maximum Gasteiger partial charge on any atom is 0.445 e. The van der Waals surface area contributed by atoms with Crippen LogP contribution in [0.15, 0.2) is 24.1 Å². The van der Waals surface area contributed by atoms with Crippen LogP contribution in [0.1, 0.15) is 0 Å². The lowest BCUT2D eigenvalue weighted by Gasteiger charge is -1.97. The van der Waals surface area contributed by atoms with Crippen LogP contribution < -0.4 is 0 Å². The van der Waals surface area contributed by atoms with Gasteiger partial charge in [0.05, 0.1) is 0 Å². The van der Waals surface area contributed by atoms with Crippen LogP contribution in [0, 0.1) is 0 Å². The molecule has 16 heavy (non-hydrogen) atoms. The van der Waals surface area contributed by atoms with E-state index in [1.165, 1.54) is 0 Å². The van der Waals surface area contributed by atoms with Gasteiger partial charge in [0, 0.05) is 0 Å². The predicted molar refractivity (Wildman–Crippen MR) is 32.7 cm³/mol. The van der Waals surface area contributed by atoms with E-state index in [0.717, 1.165) is 0 Å². The van der Waals surface area contributed by atoms with Crippen molar-refractivity contribution in [3.05, 3.63) is 24.1 Å². The van der Waals surface area contributed by atoms with E-state index < -0.39 is 36.7 Å². The molecule has 0 saturated carbocycles. The lowest BCUT2D eigenvalue weighted by Crippen LogP contribution is -2.06. The fourth-order valence-electron chi connectivity index (χ4n) is 0.144. The molecule has 0 N–H and O–H groups in total. The largest absolute Gasteiger partial charge is 0.445 e. The Morgan fingerprint density at radius 2 is 1.31 bits per heavy atom. The van der Waals surface area contributed by atoms with Gasteiger partial charge in [-0.25, -0.2) is 13.2 Å². The number of alkyl halides is 5. The minimum absolute atomic E-state index is 1.12. The summed E-state index contributed by atoms with van der Waals surface area (Å²) in [5.74, 6) is -5.36. The second-order valence-electron chi connectivity index (χ2n) is 1.86. The van der Waals surface area contributed by atoms with Crippen molar-refractivity contribution in [3.8, 4) is 0 Å². The molecule has 0 bridgehead atoms. The van der Waals surface area contributed by atoms with Crippen molar-refractivity contribution in [1.29, 1.82) is 0 Å². The normalized spacial score (nSPS) is 12.1. The van der Waals surface area contributed by atoms with Gasteiger partial charge < -0.3 is 0 Å². The highest BCUT2D eigenvalue weighted by molar-refractivity contribution is 4.94. The molecule has 0 aliphatic carbocycles. The van der Waals surface area contributed by atoms with Gasteiger partial charge in [-0.3, -0.25) is 0 Å². The first-order valence-corrected chi connectivity index (χ1v) is 3.05.